The summed E-state index contributed by atoms with van der Waals surface area (Å²) in [5, 5.41) is 13.8. The first-order chi connectivity index (χ1) is 10.4. The van der Waals surface area contributed by atoms with Gasteiger partial charge in [0.15, 0.2) is 5.78 Å². The standard InChI is InChI=1S/C16H20N2O4/c1-11(10-15(21)17-8-3-9-19)16(22)18-14-6-4-13(5-7-14)12(2)20/h4-7,10,19H,3,8-9H2,1-2H3,(H,17,21)(H,18,22)/b11-10-. The van der Waals surface area contributed by atoms with E-state index in [1.54, 1.807) is 24.3 Å². The summed E-state index contributed by atoms with van der Waals surface area (Å²) < 4.78 is 0. The van der Waals surface area contributed by atoms with Crippen molar-refractivity contribution >= 4 is 23.3 Å². The zero-order valence-electron chi connectivity index (χ0n) is 12.7. The summed E-state index contributed by atoms with van der Waals surface area (Å²) in [6.45, 7) is 3.35. The van der Waals surface area contributed by atoms with Crippen molar-refractivity contribution in [2.45, 2.75) is 20.3 Å². The fourth-order valence-corrected chi connectivity index (χ4v) is 1.62. The van der Waals surface area contributed by atoms with Gasteiger partial charge in [-0.05, 0) is 44.5 Å². The average Bonchev–Trinajstić information content (AvgIpc) is 2.47. The molecule has 0 saturated heterocycles. The van der Waals surface area contributed by atoms with Crippen molar-refractivity contribution in [2.75, 3.05) is 18.5 Å². The maximum absolute atomic E-state index is 11.9. The van der Waals surface area contributed by atoms with Crippen LogP contribution >= 0.6 is 0 Å². The summed E-state index contributed by atoms with van der Waals surface area (Å²) >= 11 is 0. The van der Waals surface area contributed by atoms with Gasteiger partial charge in [-0.2, -0.15) is 0 Å². The van der Waals surface area contributed by atoms with Gasteiger partial charge in [-0.25, -0.2) is 0 Å². The third kappa shape index (κ3) is 5.88. The number of benzene rings is 1. The number of Topliss-reactive ketones (excluding diaryl/α,β-unsaturated/α-hetero) is 1. The molecule has 3 N–H and O–H groups in total. The molecule has 0 heterocycles. The highest BCUT2D eigenvalue weighted by molar-refractivity contribution is 6.07. The fraction of sp³-hybridized carbons (Fsp3) is 0.312. The predicted octanol–water partition coefficient (Wildman–Crippen LogP) is 1.27. The number of aliphatic hydroxyl groups is 1. The molecule has 0 aliphatic carbocycles. The van der Waals surface area contributed by atoms with Gasteiger partial charge in [0, 0.05) is 36.1 Å². The van der Waals surface area contributed by atoms with Gasteiger partial charge in [0.1, 0.15) is 0 Å². The van der Waals surface area contributed by atoms with Crippen LogP contribution in [-0.4, -0.2) is 35.9 Å². The number of anilines is 1. The Balaban J connectivity index is 2.59. The fourth-order valence-electron chi connectivity index (χ4n) is 1.62. The molecule has 0 atom stereocenters. The first-order valence-electron chi connectivity index (χ1n) is 6.93. The van der Waals surface area contributed by atoms with Gasteiger partial charge in [-0.15, -0.1) is 0 Å². The zero-order valence-corrected chi connectivity index (χ0v) is 12.7. The molecule has 0 fully saturated rings. The number of carbonyl (C=O) groups excluding carboxylic acids is 3. The third-order valence-electron chi connectivity index (χ3n) is 2.89. The molecule has 6 heteroatoms. The van der Waals surface area contributed by atoms with Crippen LogP contribution in [0.3, 0.4) is 0 Å². The molecule has 0 aliphatic heterocycles. The molecular formula is C16H20N2O4. The Labute approximate surface area is 129 Å². The predicted molar refractivity (Wildman–Crippen MR) is 83.5 cm³/mol. The molecule has 1 aromatic rings. The molecule has 0 spiro atoms. The zero-order chi connectivity index (χ0) is 16.5. The minimum Gasteiger partial charge on any atom is -0.396 e. The highest BCUT2D eigenvalue weighted by Gasteiger charge is 2.07. The van der Waals surface area contributed by atoms with E-state index in [1.807, 2.05) is 0 Å². The van der Waals surface area contributed by atoms with E-state index in [0.29, 0.717) is 24.2 Å². The lowest BCUT2D eigenvalue weighted by Crippen LogP contribution is -2.24. The summed E-state index contributed by atoms with van der Waals surface area (Å²) in [4.78, 5) is 34.6. The lowest BCUT2D eigenvalue weighted by Gasteiger charge is -2.06. The van der Waals surface area contributed by atoms with Crippen LogP contribution in [0, 0.1) is 0 Å². The van der Waals surface area contributed by atoms with Crippen LogP contribution in [0.1, 0.15) is 30.6 Å². The van der Waals surface area contributed by atoms with Gasteiger partial charge < -0.3 is 15.7 Å². The quantitative estimate of drug-likeness (QED) is 0.401. The van der Waals surface area contributed by atoms with Gasteiger partial charge in [0.25, 0.3) is 5.91 Å². The maximum atomic E-state index is 11.9. The lowest BCUT2D eigenvalue weighted by atomic mass is 10.1. The Morgan fingerprint density at radius 1 is 1.14 bits per heavy atom. The molecule has 118 valence electrons. The normalized spacial score (nSPS) is 11.0. The number of rotatable bonds is 7. The van der Waals surface area contributed by atoms with E-state index in [4.69, 9.17) is 5.11 Å². The largest absolute Gasteiger partial charge is 0.396 e. The van der Waals surface area contributed by atoms with E-state index in [9.17, 15) is 14.4 Å². The molecule has 22 heavy (non-hydrogen) atoms. The Morgan fingerprint density at radius 2 is 1.77 bits per heavy atom. The number of aliphatic hydroxyl groups excluding tert-OH is 1. The van der Waals surface area contributed by atoms with E-state index in [-0.39, 0.29) is 23.9 Å². The first-order valence-corrected chi connectivity index (χ1v) is 6.93. The Kier molecular flexibility index (Phi) is 6.98. The van der Waals surface area contributed by atoms with Gasteiger partial charge in [0.2, 0.25) is 5.91 Å². The summed E-state index contributed by atoms with van der Waals surface area (Å²) in [6, 6.07) is 6.50. The molecule has 1 rings (SSSR count). The average molecular weight is 304 g/mol. The molecule has 6 nitrogen and oxygen atoms in total. The van der Waals surface area contributed by atoms with E-state index >= 15 is 0 Å². The molecule has 0 aromatic heterocycles. The number of carbonyl (C=O) groups is 3. The summed E-state index contributed by atoms with van der Waals surface area (Å²) in [5.41, 5.74) is 1.37. The molecule has 0 saturated carbocycles. The van der Waals surface area contributed by atoms with Crippen LogP contribution in [0.5, 0.6) is 0 Å². The SMILES string of the molecule is CC(=O)c1ccc(NC(=O)/C(C)=C\C(=O)NCCCO)cc1. The second-order valence-corrected chi connectivity index (χ2v) is 4.78. The van der Waals surface area contributed by atoms with E-state index in [2.05, 4.69) is 10.6 Å². The number of amides is 2. The van der Waals surface area contributed by atoms with Crippen molar-refractivity contribution in [3.8, 4) is 0 Å². The van der Waals surface area contributed by atoms with Crippen molar-refractivity contribution in [1.82, 2.24) is 5.32 Å². The minimum atomic E-state index is -0.395. The number of nitrogens with one attached hydrogen (secondary N) is 2. The molecule has 0 radical (unpaired) electrons. The summed E-state index contributed by atoms with van der Waals surface area (Å²) in [5.74, 6) is -0.825. The van der Waals surface area contributed by atoms with Crippen molar-refractivity contribution in [1.29, 1.82) is 0 Å². The van der Waals surface area contributed by atoms with Crippen LogP contribution < -0.4 is 10.6 Å². The van der Waals surface area contributed by atoms with Crippen LogP contribution in [-0.2, 0) is 9.59 Å². The van der Waals surface area contributed by atoms with Crippen LogP contribution in [0.25, 0.3) is 0 Å². The van der Waals surface area contributed by atoms with Gasteiger partial charge >= 0.3 is 0 Å². The molecule has 2 amide bonds. The van der Waals surface area contributed by atoms with Crippen molar-refractivity contribution in [2.24, 2.45) is 0 Å². The van der Waals surface area contributed by atoms with Gasteiger partial charge in [-0.1, -0.05) is 0 Å². The first kappa shape index (κ1) is 17.6. The number of hydrogen-bond donors (Lipinski definition) is 3. The molecular weight excluding hydrogens is 284 g/mol. The smallest absolute Gasteiger partial charge is 0.251 e. The molecule has 0 aliphatic rings. The molecule has 0 bridgehead atoms. The topological polar surface area (TPSA) is 95.5 Å². The summed E-state index contributed by atoms with van der Waals surface area (Å²) in [7, 11) is 0. The Bertz CT molecular complexity index is 576. The van der Waals surface area contributed by atoms with E-state index < -0.39 is 5.91 Å². The third-order valence-corrected chi connectivity index (χ3v) is 2.89. The van der Waals surface area contributed by atoms with Gasteiger partial charge in [0.05, 0.1) is 0 Å². The Hall–Kier alpha value is -2.47. The number of ketones is 1. The second-order valence-electron chi connectivity index (χ2n) is 4.78. The highest BCUT2D eigenvalue weighted by atomic mass is 16.3. The van der Waals surface area contributed by atoms with E-state index in [1.165, 1.54) is 19.9 Å². The monoisotopic (exact) mass is 304 g/mol. The second kappa shape index (κ2) is 8.74. The molecule has 1 aromatic carbocycles. The summed E-state index contributed by atoms with van der Waals surface area (Å²) in [6.07, 6.45) is 1.67. The van der Waals surface area contributed by atoms with Crippen molar-refractivity contribution in [3.63, 3.8) is 0 Å². The lowest BCUT2D eigenvalue weighted by molar-refractivity contribution is -0.117. The van der Waals surface area contributed by atoms with Crippen LogP contribution in [0.4, 0.5) is 5.69 Å². The van der Waals surface area contributed by atoms with Gasteiger partial charge in [-0.3, -0.25) is 14.4 Å². The highest BCUT2D eigenvalue weighted by Crippen LogP contribution is 2.11. The van der Waals surface area contributed by atoms with Crippen LogP contribution in [0.2, 0.25) is 0 Å². The maximum Gasteiger partial charge on any atom is 0.251 e. The number of hydrogen-bond acceptors (Lipinski definition) is 4. The van der Waals surface area contributed by atoms with E-state index in [0.717, 1.165) is 0 Å². The Morgan fingerprint density at radius 3 is 2.32 bits per heavy atom. The van der Waals surface area contributed by atoms with Crippen LogP contribution in [0.15, 0.2) is 35.9 Å². The minimum absolute atomic E-state index is 0.000277. The van der Waals surface area contributed by atoms with Crippen molar-refractivity contribution < 1.29 is 19.5 Å². The van der Waals surface area contributed by atoms with Crippen molar-refractivity contribution in [3.05, 3.63) is 41.5 Å². The molecule has 0 unspecified atom stereocenters.